The van der Waals surface area contributed by atoms with Crippen LogP contribution in [0.25, 0.3) is 22.0 Å². The van der Waals surface area contributed by atoms with Crippen molar-refractivity contribution in [2.75, 3.05) is 5.32 Å². The van der Waals surface area contributed by atoms with Crippen LogP contribution in [-0.4, -0.2) is 24.6 Å². The van der Waals surface area contributed by atoms with E-state index in [9.17, 15) is 13.2 Å². The SMILES string of the molecule is CC(C)S(=O)(=O)c1cccc(C(=O)Nc2nc(-c3ccc4ccccc4c3)cs2)c1. The van der Waals surface area contributed by atoms with E-state index in [0.29, 0.717) is 5.13 Å². The van der Waals surface area contributed by atoms with Crippen molar-refractivity contribution < 1.29 is 13.2 Å². The number of thiazole rings is 1. The van der Waals surface area contributed by atoms with E-state index in [2.05, 4.69) is 22.4 Å². The quantitative estimate of drug-likeness (QED) is 0.455. The molecule has 7 heteroatoms. The van der Waals surface area contributed by atoms with Gasteiger partial charge < -0.3 is 0 Å². The van der Waals surface area contributed by atoms with Crippen LogP contribution in [0.4, 0.5) is 5.13 Å². The van der Waals surface area contributed by atoms with E-state index in [1.54, 1.807) is 26.0 Å². The van der Waals surface area contributed by atoms with Crippen molar-refractivity contribution in [2.45, 2.75) is 24.0 Å². The molecule has 0 fully saturated rings. The summed E-state index contributed by atoms with van der Waals surface area (Å²) in [5.41, 5.74) is 2.02. The number of carbonyl (C=O) groups excluding carboxylic acids is 1. The highest BCUT2D eigenvalue weighted by Crippen LogP contribution is 2.28. The highest BCUT2D eigenvalue weighted by Gasteiger charge is 2.20. The zero-order valence-corrected chi connectivity index (χ0v) is 18.1. The molecule has 0 aliphatic carbocycles. The Bertz CT molecular complexity index is 1340. The summed E-state index contributed by atoms with van der Waals surface area (Å²) >= 11 is 1.33. The normalized spacial score (nSPS) is 11.7. The fourth-order valence-electron chi connectivity index (χ4n) is 3.07. The summed E-state index contributed by atoms with van der Waals surface area (Å²) in [6.07, 6.45) is 0. The first-order valence-electron chi connectivity index (χ1n) is 9.44. The van der Waals surface area contributed by atoms with Crippen molar-refractivity contribution in [1.29, 1.82) is 0 Å². The summed E-state index contributed by atoms with van der Waals surface area (Å²) in [6.45, 7) is 3.23. The van der Waals surface area contributed by atoms with Crippen LogP contribution in [0.2, 0.25) is 0 Å². The highest BCUT2D eigenvalue weighted by molar-refractivity contribution is 7.92. The molecule has 152 valence electrons. The Balaban J connectivity index is 1.56. The molecule has 30 heavy (non-hydrogen) atoms. The summed E-state index contributed by atoms with van der Waals surface area (Å²) in [6, 6.07) is 20.3. The summed E-state index contributed by atoms with van der Waals surface area (Å²) in [5.74, 6) is -0.393. The van der Waals surface area contributed by atoms with Gasteiger partial charge in [0.2, 0.25) is 0 Å². The van der Waals surface area contributed by atoms with Crippen molar-refractivity contribution in [3.05, 3.63) is 77.7 Å². The number of hydrogen-bond acceptors (Lipinski definition) is 5. The van der Waals surface area contributed by atoms with E-state index >= 15 is 0 Å². The molecule has 0 saturated heterocycles. The first-order chi connectivity index (χ1) is 14.3. The number of carbonyl (C=O) groups is 1. The van der Waals surface area contributed by atoms with E-state index < -0.39 is 21.0 Å². The smallest absolute Gasteiger partial charge is 0.257 e. The van der Waals surface area contributed by atoms with Gasteiger partial charge in [-0.15, -0.1) is 11.3 Å². The van der Waals surface area contributed by atoms with Crippen LogP contribution < -0.4 is 5.32 Å². The first-order valence-corrected chi connectivity index (χ1v) is 11.9. The van der Waals surface area contributed by atoms with Gasteiger partial charge >= 0.3 is 0 Å². The topological polar surface area (TPSA) is 76.1 Å². The van der Waals surface area contributed by atoms with Crippen LogP contribution in [0.3, 0.4) is 0 Å². The highest BCUT2D eigenvalue weighted by atomic mass is 32.2. The molecule has 5 nitrogen and oxygen atoms in total. The number of fused-ring (bicyclic) bond motifs is 1. The number of nitrogens with zero attached hydrogens (tertiary/aromatic N) is 1. The number of rotatable bonds is 5. The zero-order valence-electron chi connectivity index (χ0n) is 16.5. The molecule has 0 saturated carbocycles. The van der Waals surface area contributed by atoms with Gasteiger partial charge in [0, 0.05) is 16.5 Å². The number of nitrogens with one attached hydrogen (secondary N) is 1. The van der Waals surface area contributed by atoms with Crippen molar-refractivity contribution >= 4 is 43.0 Å². The lowest BCUT2D eigenvalue weighted by Gasteiger charge is -2.09. The average molecular weight is 437 g/mol. The summed E-state index contributed by atoms with van der Waals surface area (Å²) in [7, 11) is -3.45. The van der Waals surface area contributed by atoms with Crippen LogP contribution in [0, 0.1) is 0 Å². The third-order valence-electron chi connectivity index (χ3n) is 4.82. The lowest BCUT2D eigenvalue weighted by atomic mass is 10.1. The van der Waals surface area contributed by atoms with E-state index in [0.717, 1.165) is 22.0 Å². The van der Waals surface area contributed by atoms with E-state index in [-0.39, 0.29) is 10.5 Å². The lowest BCUT2D eigenvalue weighted by Crippen LogP contribution is -2.16. The molecule has 3 aromatic carbocycles. The van der Waals surface area contributed by atoms with Gasteiger partial charge in [0.15, 0.2) is 15.0 Å². The molecular weight excluding hydrogens is 416 g/mol. The summed E-state index contributed by atoms with van der Waals surface area (Å²) < 4.78 is 24.8. The second kappa shape index (κ2) is 8.01. The number of sulfone groups is 1. The van der Waals surface area contributed by atoms with Crippen molar-refractivity contribution in [2.24, 2.45) is 0 Å². The Hall–Kier alpha value is -3.03. The van der Waals surface area contributed by atoms with Crippen molar-refractivity contribution in [3.8, 4) is 11.3 Å². The molecule has 0 bridgehead atoms. The van der Waals surface area contributed by atoms with Gasteiger partial charge in [-0.1, -0.05) is 42.5 Å². The molecule has 0 radical (unpaired) electrons. The predicted molar refractivity (Wildman–Crippen MR) is 122 cm³/mol. The Morgan fingerprint density at radius 1 is 0.967 bits per heavy atom. The zero-order chi connectivity index (χ0) is 21.3. The Labute approximate surface area is 179 Å². The molecular formula is C23H20N2O3S2. The van der Waals surface area contributed by atoms with Crippen LogP contribution >= 0.6 is 11.3 Å². The Morgan fingerprint density at radius 3 is 2.50 bits per heavy atom. The molecule has 4 rings (SSSR count). The maximum absolute atomic E-state index is 12.6. The number of amides is 1. The van der Waals surface area contributed by atoms with Crippen LogP contribution in [-0.2, 0) is 9.84 Å². The molecule has 0 aliphatic rings. The maximum Gasteiger partial charge on any atom is 0.257 e. The summed E-state index contributed by atoms with van der Waals surface area (Å²) in [5, 5.41) is 6.83. The maximum atomic E-state index is 12.6. The summed E-state index contributed by atoms with van der Waals surface area (Å²) in [4.78, 5) is 17.3. The third-order valence-corrected chi connectivity index (χ3v) is 7.73. The Morgan fingerprint density at radius 2 is 1.73 bits per heavy atom. The van der Waals surface area contributed by atoms with Gasteiger partial charge in [0.1, 0.15) is 0 Å². The molecule has 1 heterocycles. The molecule has 1 N–H and O–H groups in total. The minimum atomic E-state index is -3.45. The Kier molecular flexibility index (Phi) is 5.40. The molecule has 4 aromatic rings. The number of anilines is 1. The minimum absolute atomic E-state index is 0.140. The van der Waals surface area contributed by atoms with Crippen LogP contribution in [0.15, 0.2) is 77.0 Å². The van der Waals surface area contributed by atoms with E-state index in [4.69, 9.17) is 0 Å². The molecule has 0 unspecified atom stereocenters. The molecule has 0 spiro atoms. The third kappa shape index (κ3) is 3.99. The van der Waals surface area contributed by atoms with E-state index in [1.165, 1.54) is 23.5 Å². The second-order valence-corrected chi connectivity index (χ2v) is 10.5. The first kappa shape index (κ1) is 20.3. The fraction of sp³-hybridized carbons (Fsp3) is 0.130. The van der Waals surface area contributed by atoms with Crippen molar-refractivity contribution in [1.82, 2.24) is 4.98 Å². The minimum Gasteiger partial charge on any atom is -0.298 e. The number of hydrogen-bond donors (Lipinski definition) is 1. The average Bonchev–Trinajstić information content (AvgIpc) is 3.21. The second-order valence-electron chi connectivity index (χ2n) is 7.18. The molecule has 1 aromatic heterocycles. The molecule has 0 atom stereocenters. The fourth-order valence-corrected chi connectivity index (χ4v) is 4.89. The predicted octanol–water partition coefficient (Wildman–Crippen LogP) is 5.40. The monoisotopic (exact) mass is 436 g/mol. The molecule has 0 aliphatic heterocycles. The number of aromatic nitrogens is 1. The van der Waals surface area contributed by atoms with Gasteiger partial charge in [-0.3, -0.25) is 10.1 Å². The van der Waals surface area contributed by atoms with Gasteiger partial charge in [-0.25, -0.2) is 13.4 Å². The van der Waals surface area contributed by atoms with Gasteiger partial charge in [0.25, 0.3) is 5.91 Å². The lowest BCUT2D eigenvalue weighted by molar-refractivity contribution is 0.102. The van der Waals surface area contributed by atoms with Crippen molar-refractivity contribution in [3.63, 3.8) is 0 Å². The van der Waals surface area contributed by atoms with Gasteiger partial charge in [-0.2, -0.15) is 0 Å². The van der Waals surface area contributed by atoms with Gasteiger partial charge in [-0.05, 0) is 48.9 Å². The largest absolute Gasteiger partial charge is 0.298 e. The van der Waals surface area contributed by atoms with Crippen LogP contribution in [0.5, 0.6) is 0 Å². The van der Waals surface area contributed by atoms with Gasteiger partial charge in [0.05, 0.1) is 15.8 Å². The van der Waals surface area contributed by atoms with Crippen LogP contribution in [0.1, 0.15) is 24.2 Å². The molecule has 1 amide bonds. The number of benzene rings is 3. The standard InChI is InChI=1S/C23H20N2O3S2/c1-15(2)30(27,28)20-9-5-8-19(13-20)22(26)25-23-24-21(14-29-23)18-11-10-16-6-3-4-7-17(16)12-18/h3-15H,1-2H3,(H,24,25,26). The van der Waals surface area contributed by atoms with E-state index in [1.807, 2.05) is 35.7 Å².